The first-order valence-electron chi connectivity index (χ1n) is 8.21. The van der Waals surface area contributed by atoms with Crippen molar-refractivity contribution in [3.63, 3.8) is 0 Å². The normalized spacial score (nSPS) is 10.2. The Hall–Kier alpha value is -3.59. The van der Waals surface area contributed by atoms with Gasteiger partial charge in [0.1, 0.15) is 5.82 Å². The summed E-state index contributed by atoms with van der Waals surface area (Å²) in [6, 6.07) is 13.2. The van der Waals surface area contributed by atoms with Crippen LogP contribution in [-0.2, 0) is 0 Å². The lowest BCUT2D eigenvalue weighted by Crippen LogP contribution is -2.04. The zero-order valence-corrected chi connectivity index (χ0v) is 15.0. The molecule has 0 aliphatic carbocycles. The Labute approximate surface area is 152 Å². The van der Waals surface area contributed by atoms with Gasteiger partial charge in [-0.25, -0.2) is 4.98 Å². The molecule has 0 unspecified atom stereocenters. The van der Waals surface area contributed by atoms with Gasteiger partial charge in [-0.15, -0.1) is 0 Å². The van der Waals surface area contributed by atoms with Crippen LogP contribution in [0.3, 0.4) is 0 Å². The lowest BCUT2D eigenvalue weighted by atomic mass is 10.1. The van der Waals surface area contributed by atoms with Gasteiger partial charge in [-0.05, 0) is 56.2 Å². The van der Waals surface area contributed by atoms with E-state index in [1.807, 2.05) is 6.07 Å². The molecule has 1 heterocycles. The number of anilines is 5. The van der Waals surface area contributed by atoms with Crippen molar-refractivity contribution in [2.24, 2.45) is 0 Å². The fourth-order valence-electron chi connectivity index (χ4n) is 2.86. The van der Waals surface area contributed by atoms with E-state index in [0.29, 0.717) is 28.7 Å². The van der Waals surface area contributed by atoms with Crippen molar-refractivity contribution in [2.75, 3.05) is 16.4 Å². The van der Waals surface area contributed by atoms with Crippen molar-refractivity contribution in [3.05, 3.63) is 64.8 Å². The van der Waals surface area contributed by atoms with E-state index in [0.717, 1.165) is 16.8 Å². The van der Waals surface area contributed by atoms with Gasteiger partial charge in [-0.3, -0.25) is 0 Å². The molecule has 26 heavy (non-hydrogen) atoms. The van der Waals surface area contributed by atoms with Gasteiger partial charge in [0, 0.05) is 11.9 Å². The smallest absolute Gasteiger partial charge is 0.229 e. The lowest BCUT2D eigenvalue weighted by molar-refractivity contribution is 1.16. The van der Waals surface area contributed by atoms with E-state index in [9.17, 15) is 0 Å². The van der Waals surface area contributed by atoms with Gasteiger partial charge in [0.25, 0.3) is 0 Å². The first-order valence-corrected chi connectivity index (χ1v) is 8.21. The molecule has 0 aliphatic rings. The molecular formula is C20H20N6. The predicted molar refractivity (Wildman–Crippen MR) is 105 cm³/mol. The highest BCUT2D eigenvalue weighted by atomic mass is 15.1. The lowest BCUT2D eigenvalue weighted by Gasteiger charge is -2.14. The second kappa shape index (κ2) is 7.11. The fraction of sp³-hybridized carbons (Fsp3) is 0.150. The van der Waals surface area contributed by atoms with Crippen LogP contribution in [0.25, 0.3) is 0 Å². The van der Waals surface area contributed by atoms with Crippen molar-refractivity contribution in [1.82, 2.24) is 9.97 Å². The van der Waals surface area contributed by atoms with E-state index < -0.39 is 0 Å². The molecular weight excluding hydrogens is 324 g/mol. The Morgan fingerprint density at radius 1 is 1.00 bits per heavy atom. The number of nitrogens with zero attached hydrogens (tertiary/aromatic N) is 3. The highest BCUT2D eigenvalue weighted by Crippen LogP contribution is 2.26. The summed E-state index contributed by atoms with van der Waals surface area (Å²) in [5.74, 6) is 1.11. The summed E-state index contributed by atoms with van der Waals surface area (Å²) in [4.78, 5) is 8.73. The number of nitriles is 1. The van der Waals surface area contributed by atoms with Crippen molar-refractivity contribution in [1.29, 1.82) is 5.26 Å². The van der Waals surface area contributed by atoms with E-state index in [1.54, 1.807) is 24.4 Å². The summed E-state index contributed by atoms with van der Waals surface area (Å²) in [7, 11) is 0. The summed E-state index contributed by atoms with van der Waals surface area (Å²) >= 11 is 0. The monoisotopic (exact) mass is 344 g/mol. The topological polar surface area (TPSA) is 99.7 Å². The highest BCUT2D eigenvalue weighted by Gasteiger charge is 2.07. The third-order valence-corrected chi connectivity index (χ3v) is 4.01. The van der Waals surface area contributed by atoms with Gasteiger partial charge in [-0.2, -0.15) is 10.2 Å². The summed E-state index contributed by atoms with van der Waals surface area (Å²) in [6.45, 7) is 6.22. The van der Waals surface area contributed by atoms with E-state index >= 15 is 0 Å². The second-order valence-corrected chi connectivity index (χ2v) is 6.20. The van der Waals surface area contributed by atoms with Crippen molar-refractivity contribution in [3.8, 4) is 6.07 Å². The highest BCUT2D eigenvalue weighted by molar-refractivity contribution is 5.72. The molecule has 0 saturated heterocycles. The van der Waals surface area contributed by atoms with Crippen LogP contribution in [0.1, 0.15) is 22.3 Å². The third-order valence-electron chi connectivity index (χ3n) is 4.01. The number of aromatic nitrogens is 2. The number of hydrogen-bond donors (Lipinski definition) is 3. The van der Waals surface area contributed by atoms with Crippen LogP contribution < -0.4 is 16.4 Å². The molecule has 6 heteroatoms. The number of nitrogens with one attached hydrogen (secondary N) is 2. The van der Waals surface area contributed by atoms with Gasteiger partial charge in [0.2, 0.25) is 5.95 Å². The van der Waals surface area contributed by atoms with Crippen molar-refractivity contribution >= 4 is 28.8 Å². The number of hydrogen-bond acceptors (Lipinski definition) is 6. The maximum absolute atomic E-state index is 8.92. The van der Waals surface area contributed by atoms with E-state index in [4.69, 9.17) is 11.0 Å². The van der Waals surface area contributed by atoms with Crippen LogP contribution in [0.5, 0.6) is 0 Å². The number of aryl methyl sites for hydroxylation is 3. The number of benzene rings is 2. The predicted octanol–water partition coefficient (Wildman–Crippen LogP) is 4.34. The van der Waals surface area contributed by atoms with Gasteiger partial charge in [0.15, 0.2) is 0 Å². The average molecular weight is 344 g/mol. The first-order chi connectivity index (χ1) is 12.5. The van der Waals surface area contributed by atoms with Gasteiger partial charge in [-0.1, -0.05) is 17.7 Å². The Kier molecular flexibility index (Phi) is 4.72. The molecule has 3 aromatic rings. The van der Waals surface area contributed by atoms with Gasteiger partial charge >= 0.3 is 0 Å². The van der Waals surface area contributed by atoms with Crippen LogP contribution in [0.4, 0.5) is 28.8 Å². The Balaban J connectivity index is 1.84. The Morgan fingerprint density at radius 2 is 1.73 bits per heavy atom. The van der Waals surface area contributed by atoms with Crippen molar-refractivity contribution in [2.45, 2.75) is 20.8 Å². The third kappa shape index (κ3) is 3.73. The Morgan fingerprint density at radius 3 is 2.38 bits per heavy atom. The molecule has 0 atom stereocenters. The largest absolute Gasteiger partial charge is 0.397 e. The number of nitrogen functional groups attached to an aromatic ring is 1. The molecule has 4 N–H and O–H groups in total. The summed E-state index contributed by atoms with van der Waals surface area (Å²) in [5, 5.41) is 15.4. The number of nitrogens with two attached hydrogens (primary N) is 1. The molecule has 130 valence electrons. The zero-order chi connectivity index (χ0) is 18.7. The van der Waals surface area contributed by atoms with Crippen molar-refractivity contribution < 1.29 is 0 Å². The first kappa shape index (κ1) is 17.2. The van der Waals surface area contributed by atoms with Crippen LogP contribution >= 0.6 is 0 Å². The minimum absolute atomic E-state index is 0.425. The van der Waals surface area contributed by atoms with Gasteiger partial charge in [0.05, 0.1) is 23.0 Å². The molecule has 0 saturated carbocycles. The maximum atomic E-state index is 8.92. The Bertz CT molecular complexity index is 980. The summed E-state index contributed by atoms with van der Waals surface area (Å²) in [6.07, 6.45) is 1.68. The average Bonchev–Trinajstić information content (AvgIpc) is 2.60. The van der Waals surface area contributed by atoms with Gasteiger partial charge < -0.3 is 16.4 Å². The molecule has 0 radical (unpaired) electrons. The van der Waals surface area contributed by atoms with Crippen LogP contribution in [0.2, 0.25) is 0 Å². The minimum atomic E-state index is 0.425. The van der Waals surface area contributed by atoms with Crippen LogP contribution in [0.15, 0.2) is 42.6 Å². The number of rotatable bonds is 4. The molecule has 0 aliphatic heterocycles. The van der Waals surface area contributed by atoms with E-state index in [2.05, 4.69) is 59.6 Å². The summed E-state index contributed by atoms with van der Waals surface area (Å²) < 4.78 is 0. The maximum Gasteiger partial charge on any atom is 0.229 e. The molecule has 6 nitrogen and oxygen atoms in total. The molecule has 1 aromatic heterocycles. The van der Waals surface area contributed by atoms with E-state index in [1.165, 1.54) is 5.56 Å². The molecule has 0 fully saturated rings. The minimum Gasteiger partial charge on any atom is -0.397 e. The SMILES string of the molecule is Cc1cc(C)c(Nc2ccnc(Nc3ccc(C#N)cc3N)n2)c(C)c1. The van der Waals surface area contributed by atoms with Crippen LogP contribution in [0, 0.1) is 32.1 Å². The van der Waals surface area contributed by atoms with E-state index in [-0.39, 0.29) is 0 Å². The van der Waals surface area contributed by atoms with Crippen LogP contribution in [-0.4, -0.2) is 9.97 Å². The standard InChI is InChI=1S/C20H20N6/c1-12-8-13(2)19(14(3)9-12)25-18-6-7-23-20(26-18)24-17-5-4-15(11-21)10-16(17)22/h4-10H,22H2,1-3H3,(H2,23,24,25,26). The molecule has 3 rings (SSSR count). The molecule has 0 amide bonds. The molecule has 0 bridgehead atoms. The summed E-state index contributed by atoms with van der Waals surface area (Å²) in [5.41, 5.74) is 12.2. The molecule has 0 spiro atoms. The quantitative estimate of drug-likeness (QED) is 0.609. The second-order valence-electron chi connectivity index (χ2n) is 6.20. The zero-order valence-electron chi connectivity index (χ0n) is 15.0. The molecule has 2 aromatic carbocycles. The fourth-order valence-corrected chi connectivity index (χ4v) is 2.86.